The molecule has 3 rings (SSSR count). The van der Waals surface area contributed by atoms with E-state index in [0.717, 1.165) is 32.1 Å². The summed E-state index contributed by atoms with van der Waals surface area (Å²) in [6, 6.07) is 3.83. The van der Waals surface area contributed by atoms with Crippen LogP contribution in [-0.2, 0) is 5.75 Å². The minimum absolute atomic E-state index is 0.692. The van der Waals surface area contributed by atoms with Gasteiger partial charge in [0.05, 0.1) is 16.7 Å². The molecule has 0 saturated heterocycles. The van der Waals surface area contributed by atoms with E-state index >= 15 is 0 Å². The summed E-state index contributed by atoms with van der Waals surface area (Å²) in [6.45, 7) is 4.22. The van der Waals surface area contributed by atoms with Crippen LogP contribution in [0.1, 0.15) is 16.8 Å². The van der Waals surface area contributed by atoms with Crippen molar-refractivity contribution in [2.24, 2.45) is 0 Å². The maximum absolute atomic E-state index is 5.92. The minimum atomic E-state index is 0.692. The summed E-state index contributed by atoms with van der Waals surface area (Å²) >= 11 is 5.09. The molecule has 0 radical (unpaired) electrons. The zero-order valence-electron chi connectivity index (χ0n) is 14.1. The molecule has 3 N–H and O–H groups in total. The highest BCUT2D eigenvalue weighted by atomic mass is 79.9. The van der Waals surface area contributed by atoms with Gasteiger partial charge in [-0.1, -0.05) is 11.8 Å². The fourth-order valence-corrected chi connectivity index (χ4v) is 4.08. The van der Waals surface area contributed by atoms with Crippen LogP contribution in [0.5, 0.6) is 0 Å². The van der Waals surface area contributed by atoms with E-state index in [1.54, 1.807) is 11.8 Å². The number of H-pyrrole nitrogens is 1. The molecule has 2 aromatic heterocycles. The predicted octanol–water partition coefficient (Wildman–Crippen LogP) is 4.28. The van der Waals surface area contributed by atoms with Gasteiger partial charge in [0, 0.05) is 41.9 Å². The third-order valence-corrected chi connectivity index (χ3v) is 5.52. The summed E-state index contributed by atoms with van der Waals surface area (Å²) in [7, 11) is 4.13. The predicted molar refractivity (Wildman–Crippen MR) is 106 cm³/mol. The van der Waals surface area contributed by atoms with Crippen LogP contribution in [0.25, 0.3) is 11.0 Å². The van der Waals surface area contributed by atoms with Crippen LogP contribution in [0.2, 0.25) is 0 Å². The number of anilines is 2. The summed E-state index contributed by atoms with van der Waals surface area (Å²) in [5.74, 6) is 0.767. The summed E-state index contributed by atoms with van der Waals surface area (Å²) in [5.41, 5.74) is 13.2. The molecule has 126 valence electrons. The lowest BCUT2D eigenvalue weighted by molar-refractivity contribution is 1.03. The zero-order chi connectivity index (χ0) is 17.4. The molecule has 0 atom stereocenters. The molecule has 0 aliphatic heterocycles. The number of nitrogens with zero attached hydrogens (tertiary/aromatic N) is 3. The number of halogens is 1. The van der Waals surface area contributed by atoms with Gasteiger partial charge < -0.3 is 15.6 Å². The Morgan fingerprint density at radius 1 is 1.29 bits per heavy atom. The SMILES string of the molecule is Cc1cnc(CSc2nc3cc(N)c(Br)cc3[nH]2)c(C)c1N(C)C. The molecule has 0 spiro atoms. The first-order valence-corrected chi connectivity index (χ1v) is 9.34. The molecule has 0 aliphatic rings. The van der Waals surface area contributed by atoms with Crippen molar-refractivity contribution in [1.82, 2.24) is 15.0 Å². The second-order valence-electron chi connectivity index (χ2n) is 5.98. The fraction of sp³-hybridized carbons (Fsp3) is 0.294. The smallest absolute Gasteiger partial charge is 0.166 e. The quantitative estimate of drug-likeness (QED) is 0.500. The normalized spacial score (nSPS) is 11.2. The average Bonchev–Trinajstić information content (AvgIpc) is 2.88. The van der Waals surface area contributed by atoms with Crippen molar-refractivity contribution in [3.63, 3.8) is 0 Å². The number of imidazole rings is 1. The number of thioether (sulfide) groups is 1. The van der Waals surface area contributed by atoms with Gasteiger partial charge >= 0.3 is 0 Å². The highest BCUT2D eigenvalue weighted by Crippen LogP contribution is 2.30. The Morgan fingerprint density at radius 3 is 2.75 bits per heavy atom. The molecule has 0 amide bonds. The molecule has 1 aromatic carbocycles. The number of aromatic amines is 1. The Balaban J connectivity index is 1.85. The lowest BCUT2D eigenvalue weighted by atomic mass is 10.1. The van der Waals surface area contributed by atoms with E-state index in [2.05, 4.69) is 63.7 Å². The third-order valence-electron chi connectivity index (χ3n) is 3.95. The Labute approximate surface area is 154 Å². The molecular formula is C17H20BrN5S. The first kappa shape index (κ1) is 17.1. The number of aromatic nitrogens is 3. The monoisotopic (exact) mass is 405 g/mol. The van der Waals surface area contributed by atoms with Gasteiger partial charge in [-0.2, -0.15) is 0 Å². The van der Waals surface area contributed by atoms with Crippen molar-refractivity contribution >= 4 is 50.1 Å². The molecular weight excluding hydrogens is 386 g/mol. The molecule has 0 unspecified atom stereocenters. The molecule has 0 aliphatic carbocycles. The summed E-state index contributed by atoms with van der Waals surface area (Å²) in [6.07, 6.45) is 1.94. The van der Waals surface area contributed by atoms with Crippen molar-refractivity contribution < 1.29 is 0 Å². The highest BCUT2D eigenvalue weighted by molar-refractivity contribution is 9.10. The van der Waals surface area contributed by atoms with Crippen LogP contribution < -0.4 is 10.6 Å². The Hall–Kier alpha value is -1.73. The van der Waals surface area contributed by atoms with Gasteiger partial charge in [0.25, 0.3) is 0 Å². The standard InChI is InChI=1S/C17H20BrN5S/c1-9-7-20-15(10(2)16(9)23(3)4)8-24-17-21-13-5-11(18)12(19)6-14(13)22-17/h5-7H,8,19H2,1-4H3,(H,21,22). The van der Waals surface area contributed by atoms with Crippen LogP contribution in [0.4, 0.5) is 11.4 Å². The summed E-state index contributed by atoms with van der Waals surface area (Å²) in [4.78, 5) is 14.7. The summed E-state index contributed by atoms with van der Waals surface area (Å²) in [5, 5.41) is 0.871. The van der Waals surface area contributed by atoms with Gasteiger partial charge in [0.2, 0.25) is 0 Å². The number of nitrogens with two attached hydrogens (primary N) is 1. The Morgan fingerprint density at radius 2 is 2.04 bits per heavy atom. The third kappa shape index (κ3) is 3.23. The second kappa shape index (κ2) is 6.64. The van der Waals surface area contributed by atoms with Gasteiger partial charge in [-0.05, 0) is 53.0 Å². The van der Waals surface area contributed by atoms with E-state index < -0.39 is 0 Å². The lowest BCUT2D eigenvalue weighted by Gasteiger charge is -2.20. The number of nitrogens with one attached hydrogen (secondary N) is 1. The second-order valence-corrected chi connectivity index (χ2v) is 7.80. The van der Waals surface area contributed by atoms with Gasteiger partial charge in [-0.3, -0.25) is 4.98 Å². The number of hydrogen-bond acceptors (Lipinski definition) is 5. The van der Waals surface area contributed by atoms with Crippen molar-refractivity contribution in [1.29, 1.82) is 0 Å². The molecule has 0 fully saturated rings. The van der Waals surface area contributed by atoms with Gasteiger partial charge in [0.15, 0.2) is 5.16 Å². The first-order chi connectivity index (χ1) is 11.4. The largest absolute Gasteiger partial charge is 0.398 e. The summed E-state index contributed by atoms with van der Waals surface area (Å²) < 4.78 is 0.877. The molecule has 7 heteroatoms. The number of rotatable bonds is 4. The van der Waals surface area contributed by atoms with Crippen molar-refractivity contribution in [2.45, 2.75) is 24.8 Å². The van der Waals surface area contributed by atoms with Crippen LogP contribution in [-0.4, -0.2) is 29.0 Å². The van der Waals surface area contributed by atoms with Gasteiger partial charge in [-0.25, -0.2) is 4.98 Å². The minimum Gasteiger partial charge on any atom is -0.398 e. The molecule has 0 bridgehead atoms. The van der Waals surface area contributed by atoms with Crippen LogP contribution in [0.15, 0.2) is 28.0 Å². The van der Waals surface area contributed by atoms with E-state index in [1.165, 1.54) is 16.8 Å². The van der Waals surface area contributed by atoms with Gasteiger partial charge in [0.1, 0.15) is 0 Å². The van der Waals surface area contributed by atoms with Crippen LogP contribution >= 0.6 is 27.7 Å². The average molecular weight is 406 g/mol. The van der Waals surface area contributed by atoms with E-state index in [9.17, 15) is 0 Å². The molecule has 5 nitrogen and oxygen atoms in total. The molecule has 24 heavy (non-hydrogen) atoms. The van der Waals surface area contributed by atoms with E-state index in [1.807, 2.05) is 18.3 Å². The highest BCUT2D eigenvalue weighted by Gasteiger charge is 2.12. The van der Waals surface area contributed by atoms with Crippen LogP contribution in [0.3, 0.4) is 0 Å². The zero-order valence-corrected chi connectivity index (χ0v) is 16.5. The molecule has 3 aromatic rings. The Kier molecular flexibility index (Phi) is 4.73. The van der Waals surface area contributed by atoms with Gasteiger partial charge in [-0.15, -0.1) is 0 Å². The maximum Gasteiger partial charge on any atom is 0.166 e. The van der Waals surface area contributed by atoms with E-state index in [0.29, 0.717) is 5.69 Å². The van der Waals surface area contributed by atoms with Crippen molar-refractivity contribution in [3.05, 3.63) is 39.6 Å². The topological polar surface area (TPSA) is 70.8 Å². The number of hydrogen-bond donors (Lipinski definition) is 2. The van der Waals surface area contributed by atoms with Crippen LogP contribution in [0, 0.1) is 13.8 Å². The van der Waals surface area contributed by atoms with Crippen molar-refractivity contribution in [3.8, 4) is 0 Å². The maximum atomic E-state index is 5.92. The van der Waals surface area contributed by atoms with E-state index in [4.69, 9.17) is 5.73 Å². The fourth-order valence-electron chi connectivity index (χ4n) is 2.83. The number of aryl methyl sites for hydroxylation is 1. The number of nitrogen functional groups attached to an aromatic ring is 1. The number of pyridine rings is 1. The number of fused-ring (bicyclic) bond motifs is 1. The molecule has 2 heterocycles. The molecule has 0 saturated carbocycles. The Bertz CT molecular complexity index is 865. The lowest BCUT2D eigenvalue weighted by Crippen LogP contribution is -2.13. The van der Waals surface area contributed by atoms with E-state index in [-0.39, 0.29) is 0 Å². The first-order valence-electron chi connectivity index (χ1n) is 7.56. The van der Waals surface area contributed by atoms with Crippen molar-refractivity contribution in [2.75, 3.05) is 24.7 Å². The number of benzene rings is 1.